The van der Waals surface area contributed by atoms with Crippen LogP contribution in [0.3, 0.4) is 0 Å². The van der Waals surface area contributed by atoms with Gasteiger partial charge in [0.15, 0.2) is 25.8 Å². The van der Waals surface area contributed by atoms with E-state index >= 15 is 0 Å². The number of rotatable bonds is 60. The molecule has 8 amide bonds. The minimum Gasteiger partial charge on any atom is -0.484 e. The van der Waals surface area contributed by atoms with Crippen molar-refractivity contribution in [3.63, 3.8) is 0 Å². The van der Waals surface area contributed by atoms with Gasteiger partial charge in [-0.15, -0.1) is 5.06 Å². The van der Waals surface area contributed by atoms with Gasteiger partial charge in [0, 0.05) is 83.4 Å². The van der Waals surface area contributed by atoms with Gasteiger partial charge in [-0.25, -0.2) is 4.79 Å². The van der Waals surface area contributed by atoms with Crippen molar-refractivity contribution >= 4 is 53.2 Å². The van der Waals surface area contributed by atoms with Crippen LogP contribution in [0.1, 0.15) is 69.2 Å². The zero-order valence-corrected chi connectivity index (χ0v) is 61.7. The summed E-state index contributed by atoms with van der Waals surface area (Å²) in [4.78, 5) is 116. The molecule has 2 aromatic carbocycles. The van der Waals surface area contributed by atoms with Crippen LogP contribution in [0.4, 0.5) is 0 Å². The van der Waals surface area contributed by atoms with Crippen molar-refractivity contribution in [1.82, 2.24) is 37.0 Å². The molecule has 39 heteroatoms. The third-order valence-corrected chi connectivity index (χ3v) is 15.9. The van der Waals surface area contributed by atoms with Crippen molar-refractivity contribution in [2.24, 2.45) is 0 Å². The molecule has 0 aliphatic carbocycles. The lowest BCUT2D eigenvalue weighted by atomic mass is 10.0. The normalized spacial score (nSPS) is 20.5. The molecule has 3 saturated heterocycles. The number of nitrogens with zero attached hydrogens (tertiary/aromatic N) is 1. The van der Waals surface area contributed by atoms with E-state index in [1.807, 2.05) is 0 Å². The third-order valence-electron chi connectivity index (χ3n) is 15.9. The minimum atomic E-state index is -1.40. The quantitative estimate of drug-likeness (QED) is 0.0221. The Morgan fingerprint density at radius 3 is 1.19 bits per heavy atom. The number of hydroxylamine groups is 2. The van der Waals surface area contributed by atoms with Crippen LogP contribution < -0.4 is 41.4 Å². The number of aliphatic hydroxyl groups is 6. The Balaban J connectivity index is 0.884. The van der Waals surface area contributed by atoms with E-state index in [0.717, 1.165) is 0 Å². The molecule has 2 aromatic rings. The highest BCUT2D eigenvalue weighted by atomic mass is 16.7. The molecule has 0 spiro atoms. The van der Waals surface area contributed by atoms with Crippen LogP contribution in [0.25, 0.3) is 11.1 Å². The first-order chi connectivity index (χ1) is 52.7. The predicted molar refractivity (Wildman–Crippen MR) is 375 cm³/mol. The van der Waals surface area contributed by atoms with E-state index in [0.29, 0.717) is 68.2 Å². The molecule has 5 rings (SSSR count). The highest BCUT2D eigenvalue weighted by Crippen LogP contribution is 2.29. The fourth-order valence-corrected chi connectivity index (χ4v) is 9.92. The number of nitrogens with one attached hydrogen (secondary N) is 6. The maximum atomic E-state index is 13.5. The van der Waals surface area contributed by atoms with Gasteiger partial charge in [0.1, 0.15) is 48.1 Å². The van der Waals surface area contributed by atoms with Crippen molar-refractivity contribution < 1.29 is 154 Å². The predicted octanol–water partition coefficient (Wildman–Crippen LogP) is -4.17. The fraction of sp³-hybridized carbons (Fsp3) is 0.700. The fourth-order valence-electron chi connectivity index (χ4n) is 9.92. The van der Waals surface area contributed by atoms with Gasteiger partial charge in [0.2, 0.25) is 17.7 Å². The van der Waals surface area contributed by atoms with E-state index in [1.54, 1.807) is 50.2 Å². The molecule has 12 N–H and O–H groups in total. The Hall–Kier alpha value is -7.33. The number of imide groups is 1. The standard InChI is InChI=1S/C70H109N7O32/c1-47-62(86)64(88)66(90)69(107-47)103-40-38-97-22-16-72-55(79)12-20-93-26-30-99-34-36-101-32-28-95-24-18-74-57(81)45-105-52-8-6-49(7-9-52)50-42-51(68(92)76-15-14-71-54(78)4-3-5-61(85)109-77-59(83)10-11-60(77)84)44-53(43-50)106-46-58(82)75-19-25-96-29-33-102-37-35-100-31-27-94-21-13-56(80)73-17-23-98-39-41-104-70-67(91)65(89)63(87)48(2)108-70/h6-9,42-44,47-48,62-67,69-70,86-91H,3-5,10-41,45-46H2,1-2H3,(H,71,78)(H,72,79)(H,73,80)(H,74,81)(H,75,82)(H,76,92)/t47-,48-,62-,63-,64+,65+,66+,67+,69+,70+/m0/s1. The van der Waals surface area contributed by atoms with E-state index in [-0.39, 0.29) is 213 Å². The van der Waals surface area contributed by atoms with Gasteiger partial charge in [-0.1, -0.05) is 12.1 Å². The molecule has 3 aliphatic heterocycles. The first kappa shape index (κ1) is 92.3. The number of carbonyl (C=O) groups is 9. The number of carbonyl (C=O) groups excluding carboxylic acids is 9. The molecule has 3 fully saturated rings. The summed E-state index contributed by atoms with van der Waals surface area (Å²) in [6, 6.07) is 11.4. The second-order valence-corrected chi connectivity index (χ2v) is 24.5. The summed E-state index contributed by atoms with van der Waals surface area (Å²) in [7, 11) is 0. The van der Waals surface area contributed by atoms with Gasteiger partial charge >= 0.3 is 5.97 Å². The molecule has 0 radical (unpaired) electrons. The lowest BCUT2D eigenvalue weighted by Gasteiger charge is -2.38. The Labute approximate surface area is 631 Å². The highest BCUT2D eigenvalue weighted by Gasteiger charge is 2.43. The molecule has 616 valence electrons. The largest absolute Gasteiger partial charge is 0.484 e. The van der Waals surface area contributed by atoms with Crippen molar-refractivity contribution in [3.8, 4) is 22.6 Å². The molecule has 3 heterocycles. The summed E-state index contributed by atoms with van der Waals surface area (Å²) < 4.78 is 87.9. The van der Waals surface area contributed by atoms with Crippen molar-refractivity contribution in [2.75, 3.05) is 198 Å². The Morgan fingerprint density at radius 2 is 0.752 bits per heavy atom. The van der Waals surface area contributed by atoms with Crippen molar-refractivity contribution in [2.45, 2.75) is 120 Å². The molecule has 39 nitrogen and oxygen atoms in total. The monoisotopic (exact) mass is 1560 g/mol. The van der Waals surface area contributed by atoms with Gasteiger partial charge in [-0.3, -0.25) is 38.4 Å². The molecule has 0 bridgehead atoms. The van der Waals surface area contributed by atoms with Crippen LogP contribution in [0.5, 0.6) is 11.5 Å². The van der Waals surface area contributed by atoms with E-state index in [4.69, 9.17) is 80.6 Å². The molecular weight excluding hydrogens is 1450 g/mol. The number of amides is 8. The van der Waals surface area contributed by atoms with Crippen LogP contribution in [0, 0.1) is 0 Å². The summed E-state index contributed by atoms with van der Waals surface area (Å²) in [6.07, 6.45) is -11.6. The maximum absolute atomic E-state index is 13.5. The SMILES string of the molecule is C[C@@H]1O[C@@H](OCCOCCNC(=O)CCOCCOCCOCCOCCNC(=O)COc2ccc(-c3cc(OCC(=O)NCCOCCOCCOCCOCCC(=O)NCCOCCO[C@@H]4O[C@@H](C)[C@H](O)[C@@H](O)[C@H]4O)cc(C(=O)NCCNC(=O)CCCC(=O)ON4C(=O)CCC4=O)c3)cc2)[C@H](O)[C@H](O)[C@H]1O. The second-order valence-electron chi connectivity index (χ2n) is 24.5. The Morgan fingerprint density at radius 1 is 0.385 bits per heavy atom. The van der Waals surface area contributed by atoms with Crippen molar-refractivity contribution in [1.29, 1.82) is 0 Å². The van der Waals surface area contributed by atoms with Crippen LogP contribution in [0.15, 0.2) is 42.5 Å². The molecule has 0 saturated carbocycles. The third kappa shape index (κ3) is 38.9. The summed E-state index contributed by atoms with van der Waals surface area (Å²) in [5, 5.41) is 75.9. The average Bonchev–Trinajstić information content (AvgIpc) is 1.44. The van der Waals surface area contributed by atoms with Crippen LogP contribution in [-0.2, 0) is 110 Å². The lowest BCUT2D eigenvalue weighted by molar-refractivity contribution is -0.294. The number of hydrogen-bond donors (Lipinski definition) is 12. The minimum absolute atomic E-state index is 0.0110. The van der Waals surface area contributed by atoms with Gasteiger partial charge in [0.05, 0.1) is 158 Å². The summed E-state index contributed by atoms with van der Waals surface area (Å²) >= 11 is 0. The maximum Gasteiger partial charge on any atom is 0.333 e. The zero-order valence-electron chi connectivity index (χ0n) is 61.7. The van der Waals surface area contributed by atoms with Crippen molar-refractivity contribution in [3.05, 3.63) is 48.0 Å². The van der Waals surface area contributed by atoms with Gasteiger partial charge in [0.25, 0.3) is 29.5 Å². The summed E-state index contributed by atoms with van der Waals surface area (Å²) in [5.41, 5.74) is 1.31. The number of benzene rings is 2. The Kier molecular flexibility index (Phi) is 46.7. The van der Waals surface area contributed by atoms with Crippen LogP contribution >= 0.6 is 0 Å². The molecule has 3 aliphatic rings. The summed E-state index contributed by atoms with van der Waals surface area (Å²) in [5.74, 6) is -3.74. The van der Waals surface area contributed by atoms with Crippen LogP contribution in [-0.4, -0.2) is 348 Å². The van der Waals surface area contributed by atoms with E-state index < -0.39 is 109 Å². The number of aliphatic hydroxyl groups excluding tert-OH is 6. The first-order valence-electron chi connectivity index (χ1n) is 36.3. The number of hydrogen-bond acceptors (Lipinski definition) is 32. The zero-order chi connectivity index (χ0) is 78.8. The molecule has 0 aromatic heterocycles. The molecule has 109 heavy (non-hydrogen) atoms. The Bertz CT molecular complexity index is 2970. The highest BCUT2D eigenvalue weighted by molar-refractivity contribution is 6.01. The topological polar surface area (TPSA) is 507 Å². The lowest BCUT2D eigenvalue weighted by Crippen LogP contribution is -2.57. The second kappa shape index (κ2) is 55.1. The van der Waals surface area contributed by atoms with Gasteiger partial charge in [-0.2, -0.15) is 0 Å². The van der Waals surface area contributed by atoms with Gasteiger partial charge < -0.3 is 143 Å². The van der Waals surface area contributed by atoms with E-state index in [9.17, 15) is 73.8 Å². The number of ether oxygens (including phenoxy) is 16. The van der Waals surface area contributed by atoms with Gasteiger partial charge in [-0.05, 0) is 61.7 Å². The van der Waals surface area contributed by atoms with E-state index in [2.05, 4.69) is 31.9 Å². The van der Waals surface area contributed by atoms with Crippen LogP contribution in [0.2, 0.25) is 0 Å². The molecule has 0 unspecified atom stereocenters. The van der Waals surface area contributed by atoms with E-state index in [1.165, 1.54) is 6.07 Å². The molecule has 10 atom stereocenters. The summed E-state index contributed by atoms with van der Waals surface area (Å²) in [6.45, 7) is 8.51. The molecular formula is C70H109N7O32. The first-order valence-corrected chi connectivity index (χ1v) is 36.3. The smallest absolute Gasteiger partial charge is 0.333 e. The average molecular weight is 1560 g/mol.